The lowest BCUT2D eigenvalue weighted by Crippen LogP contribution is -1.57. The summed E-state index contributed by atoms with van der Waals surface area (Å²) in [6.07, 6.45) is 0. The first kappa shape index (κ1) is 6.08. The van der Waals surface area contributed by atoms with Gasteiger partial charge in [-0.15, -0.1) is 0 Å². The van der Waals surface area contributed by atoms with E-state index in [2.05, 4.69) is 0 Å². The Hall–Kier alpha value is -0.660. The smallest absolute Gasteiger partial charge is 0.239 e. The minimum Gasteiger partial charge on any atom is -0.239 e. The van der Waals surface area contributed by atoms with Crippen LogP contribution in [0.3, 0.4) is 0 Å². The average molecular weight is 171 g/mol. The van der Waals surface area contributed by atoms with Crippen molar-refractivity contribution >= 4 is 29.8 Å². The van der Waals surface area contributed by atoms with Gasteiger partial charge in [-0.3, -0.25) is 0 Å². The topological polar surface area (TPSA) is 26.3 Å². The quantitative estimate of drug-likeness (QED) is 0.606. The van der Waals surface area contributed by atoms with Gasteiger partial charge in [0, 0.05) is 0 Å². The lowest BCUT2D eigenvalue weighted by atomic mass is 10.3. The molecule has 4 heteroatoms. The van der Waals surface area contributed by atoms with Gasteiger partial charge in [-0.2, -0.15) is 0 Å². The molecule has 0 spiro atoms. The molecule has 10 heavy (non-hydrogen) atoms. The molecular formula is C6H4O2PS+. The number of hydrogen-bond acceptors (Lipinski definition) is 3. The van der Waals surface area contributed by atoms with Crippen LogP contribution < -0.4 is 0 Å². The summed E-state index contributed by atoms with van der Waals surface area (Å²) in [5.41, 5.74) is 1.53. The number of fused-ring (bicyclic) bond motifs is 1. The Morgan fingerprint density at radius 2 is 1.60 bits per heavy atom. The van der Waals surface area contributed by atoms with E-state index in [4.69, 9.17) is 20.2 Å². The van der Waals surface area contributed by atoms with Crippen molar-refractivity contribution < 1.29 is 8.39 Å². The Bertz CT molecular complexity index is 367. The SMILES string of the molecule is S=[p+]1oc2ccccc2o1. The Labute approximate surface area is 63.0 Å². The van der Waals surface area contributed by atoms with Crippen LogP contribution in [-0.4, -0.2) is 0 Å². The molecule has 0 N–H and O–H groups in total. The summed E-state index contributed by atoms with van der Waals surface area (Å²) in [5, 5.41) is 0. The van der Waals surface area contributed by atoms with E-state index < -0.39 is 6.79 Å². The van der Waals surface area contributed by atoms with Crippen LogP contribution in [0.4, 0.5) is 0 Å². The van der Waals surface area contributed by atoms with E-state index in [9.17, 15) is 0 Å². The largest absolute Gasteiger partial charge is 0.627 e. The van der Waals surface area contributed by atoms with Crippen LogP contribution in [0.15, 0.2) is 32.7 Å². The van der Waals surface area contributed by atoms with Crippen molar-refractivity contribution in [3.05, 3.63) is 24.3 Å². The molecular weight excluding hydrogens is 167 g/mol. The summed E-state index contributed by atoms with van der Waals surface area (Å²) in [6.45, 7) is -1.11. The predicted molar refractivity (Wildman–Crippen MR) is 43.0 cm³/mol. The maximum Gasteiger partial charge on any atom is 0.627 e. The average Bonchev–Trinajstić information content (AvgIpc) is 2.27. The van der Waals surface area contributed by atoms with Crippen molar-refractivity contribution in [3.8, 4) is 0 Å². The zero-order chi connectivity index (χ0) is 6.97. The summed E-state index contributed by atoms with van der Waals surface area (Å²) in [6, 6.07) is 7.49. The maximum absolute atomic E-state index is 5.16. The highest BCUT2D eigenvalue weighted by molar-refractivity contribution is 8.10. The van der Waals surface area contributed by atoms with Crippen LogP contribution in [-0.2, 0) is 0 Å². The van der Waals surface area contributed by atoms with Gasteiger partial charge < -0.3 is 0 Å². The number of hydrogen-bond donors (Lipinski definition) is 0. The molecule has 0 aliphatic heterocycles. The molecule has 2 aromatic rings. The molecule has 50 valence electrons. The summed E-state index contributed by atoms with van der Waals surface area (Å²) < 4.78 is 10.3. The van der Waals surface area contributed by atoms with Crippen molar-refractivity contribution in [2.24, 2.45) is 0 Å². The molecule has 1 heterocycles. The summed E-state index contributed by atoms with van der Waals surface area (Å²) in [7, 11) is 0. The molecule has 0 amide bonds. The van der Waals surface area contributed by atoms with E-state index in [0.29, 0.717) is 0 Å². The summed E-state index contributed by atoms with van der Waals surface area (Å²) in [5.74, 6) is 0. The number of benzene rings is 1. The zero-order valence-corrected chi connectivity index (χ0v) is 6.69. The monoisotopic (exact) mass is 171 g/mol. The molecule has 0 unspecified atom stereocenters. The Morgan fingerprint density at radius 3 is 2.10 bits per heavy atom. The van der Waals surface area contributed by atoms with Gasteiger partial charge >= 0.3 is 6.79 Å². The van der Waals surface area contributed by atoms with E-state index in [1.807, 2.05) is 24.3 Å². The molecule has 0 bridgehead atoms. The maximum atomic E-state index is 5.16. The van der Waals surface area contributed by atoms with Crippen molar-refractivity contribution in [3.63, 3.8) is 0 Å². The fourth-order valence-electron chi connectivity index (χ4n) is 0.780. The van der Waals surface area contributed by atoms with Crippen molar-refractivity contribution in [2.45, 2.75) is 0 Å². The van der Waals surface area contributed by atoms with Gasteiger partial charge in [0.05, 0.1) is 0 Å². The first-order valence-electron chi connectivity index (χ1n) is 2.78. The van der Waals surface area contributed by atoms with Crippen LogP contribution in [0.2, 0.25) is 0 Å². The lowest BCUT2D eigenvalue weighted by molar-refractivity contribution is 0.705. The first-order valence-corrected chi connectivity index (χ1v) is 4.97. The highest BCUT2D eigenvalue weighted by Crippen LogP contribution is 2.27. The molecule has 2 rings (SSSR count). The van der Waals surface area contributed by atoms with Gasteiger partial charge in [0.15, 0.2) is 0 Å². The fourth-order valence-corrected chi connectivity index (χ4v) is 1.92. The lowest BCUT2D eigenvalue weighted by Gasteiger charge is -1.73. The van der Waals surface area contributed by atoms with E-state index >= 15 is 0 Å². The van der Waals surface area contributed by atoms with E-state index in [-0.39, 0.29) is 0 Å². The van der Waals surface area contributed by atoms with Gasteiger partial charge in [-0.25, -0.2) is 8.39 Å². The van der Waals surface area contributed by atoms with Gasteiger partial charge in [0.2, 0.25) is 11.2 Å². The minimum absolute atomic E-state index is 0.767. The van der Waals surface area contributed by atoms with Crippen molar-refractivity contribution in [2.75, 3.05) is 0 Å². The highest BCUT2D eigenvalue weighted by atomic mass is 32.4. The van der Waals surface area contributed by atoms with Crippen LogP contribution in [0.1, 0.15) is 0 Å². The minimum atomic E-state index is -1.11. The second-order valence-electron chi connectivity index (χ2n) is 1.85. The van der Waals surface area contributed by atoms with Gasteiger partial charge in [0.25, 0.3) is 11.8 Å². The summed E-state index contributed by atoms with van der Waals surface area (Å²) in [4.78, 5) is 0. The van der Waals surface area contributed by atoms with E-state index in [1.165, 1.54) is 0 Å². The van der Waals surface area contributed by atoms with Crippen LogP contribution >= 0.6 is 18.6 Å². The Balaban J connectivity index is 3.01. The van der Waals surface area contributed by atoms with Gasteiger partial charge in [-0.1, -0.05) is 12.1 Å². The highest BCUT2D eigenvalue weighted by Gasteiger charge is 2.07. The molecule has 1 aromatic carbocycles. The van der Waals surface area contributed by atoms with Gasteiger partial charge in [0.1, 0.15) is 0 Å². The van der Waals surface area contributed by atoms with Crippen LogP contribution in [0.25, 0.3) is 11.2 Å². The van der Waals surface area contributed by atoms with E-state index in [1.54, 1.807) is 0 Å². The molecule has 1 aromatic heterocycles. The van der Waals surface area contributed by atoms with E-state index in [0.717, 1.165) is 11.2 Å². The second kappa shape index (κ2) is 2.19. The molecule has 0 atom stereocenters. The second-order valence-corrected chi connectivity index (χ2v) is 3.56. The van der Waals surface area contributed by atoms with Gasteiger partial charge in [-0.05, 0) is 12.1 Å². The third-order valence-corrected chi connectivity index (χ3v) is 2.33. The Kier molecular flexibility index (Phi) is 1.33. The molecule has 0 saturated carbocycles. The molecule has 0 aliphatic carbocycles. The zero-order valence-electron chi connectivity index (χ0n) is 4.98. The third-order valence-electron chi connectivity index (χ3n) is 1.19. The standard InChI is InChI=1S/C6H4O2PS/c10-9-7-5-3-1-2-4-6(5)8-9/h1-4H/q+1. The Morgan fingerprint density at radius 1 is 1.10 bits per heavy atom. The number of rotatable bonds is 0. The summed E-state index contributed by atoms with van der Waals surface area (Å²) >= 11 is 4.83. The third kappa shape index (κ3) is 0.877. The molecule has 2 nitrogen and oxygen atoms in total. The predicted octanol–water partition coefficient (Wildman–Crippen LogP) is 3.54. The normalized spacial score (nSPS) is 10.4. The molecule has 0 aliphatic rings. The van der Waals surface area contributed by atoms with Crippen molar-refractivity contribution in [1.29, 1.82) is 0 Å². The molecule has 0 radical (unpaired) electrons. The van der Waals surface area contributed by atoms with Crippen LogP contribution in [0.5, 0.6) is 0 Å². The molecule has 0 saturated heterocycles. The van der Waals surface area contributed by atoms with Crippen LogP contribution in [0, 0.1) is 0 Å². The first-order chi connectivity index (χ1) is 4.86. The van der Waals surface area contributed by atoms with Crippen molar-refractivity contribution in [1.82, 2.24) is 0 Å². The number of para-hydroxylation sites is 2. The fraction of sp³-hybridized carbons (Fsp3) is 0. The molecule has 0 fully saturated rings.